The molecule has 1 heterocycles. The molecule has 0 N–H and O–H groups in total. The molecule has 0 bridgehead atoms. The van der Waals surface area contributed by atoms with Crippen LogP contribution < -0.4 is 4.90 Å². The number of hydrogen-bond acceptors (Lipinski definition) is 2. The fourth-order valence-electron chi connectivity index (χ4n) is 3.26. The van der Waals surface area contributed by atoms with Gasteiger partial charge in [-0.1, -0.05) is 45.4 Å². The average Bonchev–Trinajstić information content (AvgIpc) is 2.78. The molecule has 0 saturated carbocycles. The normalized spacial score (nSPS) is 22.0. The quantitative estimate of drug-likeness (QED) is 0.611. The van der Waals surface area contributed by atoms with Gasteiger partial charge in [0.05, 0.1) is 18.6 Å². The molecule has 1 aromatic rings. The molecular weight excluding hydrogens is 350 g/mol. The Morgan fingerprint density at radius 3 is 2.40 bits per heavy atom. The molecule has 0 spiro atoms. The maximum absolute atomic E-state index is 12.9. The summed E-state index contributed by atoms with van der Waals surface area (Å²) in [5.41, 5.74) is 2.94. The maximum Gasteiger partial charge on any atom is 0.229 e. The minimum atomic E-state index is -1.93. The molecule has 0 aromatic heterocycles. The minimum absolute atomic E-state index is 0.0436. The Labute approximate surface area is 158 Å². The van der Waals surface area contributed by atoms with Crippen LogP contribution in [0.25, 0.3) is 0 Å². The van der Waals surface area contributed by atoms with Crippen molar-refractivity contribution in [1.82, 2.24) is 0 Å². The van der Waals surface area contributed by atoms with Crippen molar-refractivity contribution in [2.45, 2.75) is 84.7 Å². The van der Waals surface area contributed by atoms with Crippen LogP contribution in [0.4, 0.5) is 5.69 Å². The molecule has 140 valence electrons. The Morgan fingerprint density at radius 2 is 1.88 bits per heavy atom. The lowest BCUT2D eigenvalue weighted by atomic mass is 10.1. The summed E-state index contributed by atoms with van der Waals surface area (Å²) in [5, 5.41) is 0.874. The smallest absolute Gasteiger partial charge is 0.229 e. The molecule has 5 heteroatoms. The number of hydrogen-bond donors (Lipinski definition) is 0. The molecule has 0 unspecified atom stereocenters. The van der Waals surface area contributed by atoms with Gasteiger partial charge in [0, 0.05) is 10.7 Å². The monoisotopic (exact) mass is 381 g/mol. The highest BCUT2D eigenvalue weighted by molar-refractivity contribution is 6.74. The fraction of sp³-hybridized carbons (Fsp3) is 0.650. The van der Waals surface area contributed by atoms with E-state index in [0.717, 1.165) is 28.3 Å². The molecule has 1 amide bonds. The highest BCUT2D eigenvalue weighted by Crippen LogP contribution is 2.41. The first kappa shape index (κ1) is 20.5. The van der Waals surface area contributed by atoms with Gasteiger partial charge in [-0.15, -0.1) is 0 Å². The number of amides is 1. The van der Waals surface area contributed by atoms with Gasteiger partial charge in [-0.05, 0) is 55.6 Å². The van der Waals surface area contributed by atoms with Gasteiger partial charge in [0.2, 0.25) is 5.91 Å². The number of nitrogens with zero attached hydrogens (tertiary/aromatic N) is 1. The second-order valence-electron chi connectivity index (χ2n) is 8.70. The lowest BCUT2D eigenvalue weighted by Crippen LogP contribution is -2.47. The molecule has 0 radical (unpaired) electrons. The van der Waals surface area contributed by atoms with Gasteiger partial charge in [0.25, 0.3) is 0 Å². The third-order valence-electron chi connectivity index (χ3n) is 5.89. The molecule has 1 aromatic carbocycles. The molecule has 2 atom stereocenters. The molecule has 25 heavy (non-hydrogen) atoms. The standard InChI is InChI=1S/C20H32ClNO2Si/c1-9-15-17(24-25(7,8)20(4,5)6)12-18(23)22(15)16-11-10-13(2)19(21)14(16)3/h10-11,15,17H,9,12H2,1-8H3/t15-,17-/m0/s1. The Hall–Kier alpha value is -0.843. The minimum Gasteiger partial charge on any atom is -0.411 e. The molecule has 0 aliphatic carbocycles. The van der Waals surface area contributed by atoms with Crippen molar-refractivity contribution in [3.8, 4) is 0 Å². The predicted octanol–water partition coefficient (Wildman–Crippen LogP) is 5.86. The molecule has 1 fully saturated rings. The number of aryl methyl sites for hydroxylation is 1. The average molecular weight is 382 g/mol. The molecule has 3 nitrogen and oxygen atoms in total. The first-order chi connectivity index (χ1) is 11.4. The van der Waals surface area contributed by atoms with E-state index in [1.54, 1.807) is 0 Å². The van der Waals surface area contributed by atoms with Gasteiger partial charge in [-0.3, -0.25) is 4.79 Å². The number of benzene rings is 1. The second-order valence-corrected chi connectivity index (χ2v) is 13.8. The summed E-state index contributed by atoms with van der Waals surface area (Å²) < 4.78 is 6.63. The van der Waals surface area contributed by atoms with Gasteiger partial charge in [0.1, 0.15) is 0 Å². The Balaban J connectivity index is 2.37. The Kier molecular flexibility index (Phi) is 5.77. The SMILES string of the molecule is CC[C@H]1[C@@H](O[Si](C)(C)C(C)(C)C)CC(=O)N1c1ccc(C)c(Cl)c1C. The van der Waals surface area contributed by atoms with E-state index in [9.17, 15) is 4.79 Å². The lowest BCUT2D eigenvalue weighted by molar-refractivity contribution is -0.117. The summed E-state index contributed by atoms with van der Waals surface area (Å²) in [6, 6.07) is 4.08. The number of rotatable bonds is 4. The van der Waals surface area contributed by atoms with Gasteiger partial charge < -0.3 is 9.33 Å². The fourth-order valence-corrected chi connectivity index (χ4v) is 4.77. The summed E-state index contributed by atoms with van der Waals surface area (Å²) in [6.45, 7) is 17.3. The van der Waals surface area contributed by atoms with Gasteiger partial charge in [0.15, 0.2) is 8.32 Å². The highest BCUT2D eigenvalue weighted by Gasteiger charge is 2.46. The lowest BCUT2D eigenvalue weighted by Gasteiger charge is -2.40. The predicted molar refractivity (Wildman–Crippen MR) is 109 cm³/mol. The van der Waals surface area contributed by atoms with Crippen molar-refractivity contribution >= 4 is 31.5 Å². The third-order valence-corrected chi connectivity index (χ3v) is 11.0. The van der Waals surface area contributed by atoms with Crippen LogP contribution in [0.2, 0.25) is 23.2 Å². The van der Waals surface area contributed by atoms with Crippen molar-refractivity contribution in [2.24, 2.45) is 0 Å². The third kappa shape index (κ3) is 3.81. The van der Waals surface area contributed by atoms with Crippen LogP contribution >= 0.6 is 11.6 Å². The number of carbonyl (C=O) groups excluding carboxylic acids is 1. The van der Waals surface area contributed by atoms with Crippen LogP contribution in [0.3, 0.4) is 0 Å². The molecular formula is C20H32ClNO2Si. The zero-order valence-electron chi connectivity index (χ0n) is 16.9. The van der Waals surface area contributed by atoms with E-state index < -0.39 is 8.32 Å². The summed E-state index contributed by atoms with van der Waals surface area (Å²) in [6.07, 6.45) is 1.28. The molecule has 1 saturated heterocycles. The number of carbonyl (C=O) groups is 1. The van der Waals surface area contributed by atoms with Gasteiger partial charge in [-0.2, -0.15) is 0 Å². The van der Waals surface area contributed by atoms with Gasteiger partial charge >= 0.3 is 0 Å². The van der Waals surface area contributed by atoms with Crippen LogP contribution in [-0.4, -0.2) is 26.4 Å². The van der Waals surface area contributed by atoms with E-state index in [4.69, 9.17) is 16.0 Å². The van der Waals surface area contributed by atoms with Crippen molar-refractivity contribution < 1.29 is 9.22 Å². The van der Waals surface area contributed by atoms with E-state index in [-0.39, 0.29) is 23.1 Å². The Morgan fingerprint density at radius 1 is 1.28 bits per heavy atom. The van der Waals surface area contributed by atoms with Crippen LogP contribution in [0.5, 0.6) is 0 Å². The van der Waals surface area contributed by atoms with Crippen LogP contribution in [0.1, 0.15) is 51.7 Å². The second kappa shape index (κ2) is 7.05. The van der Waals surface area contributed by atoms with Crippen molar-refractivity contribution in [1.29, 1.82) is 0 Å². The Bertz CT molecular complexity index is 666. The largest absolute Gasteiger partial charge is 0.411 e. The van der Waals surface area contributed by atoms with Gasteiger partial charge in [-0.25, -0.2) is 0 Å². The van der Waals surface area contributed by atoms with E-state index in [2.05, 4.69) is 40.8 Å². The van der Waals surface area contributed by atoms with Crippen molar-refractivity contribution in [2.75, 3.05) is 4.90 Å². The topological polar surface area (TPSA) is 29.5 Å². The highest BCUT2D eigenvalue weighted by atomic mass is 35.5. The summed E-state index contributed by atoms with van der Waals surface area (Å²) in [5.74, 6) is 0.138. The molecule has 1 aliphatic rings. The van der Waals surface area contributed by atoms with Crippen LogP contribution in [0.15, 0.2) is 12.1 Å². The van der Waals surface area contributed by atoms with E-state index in [1.165, 1.54) is 0 Å². The van der Waals surface area contributed by atoms with E-state index in [1.807, 2.05) is 30.9 Å². The number of anilines is 1. The first-order valence-electron chi connectivity index (χ1n) is 9.16. The molecule has 2 rings (SSSR count). The summed E-state index contributed by atoms with van der Waals surface area (Å²) in [4.78, 5) is 14.8. The molecule has 1 aliphatic heterocycles. The van der Waals surface area contributed by atoms with E-state index in [0.29, 0.717) is 6.42 Å². The van der Waals surface area contributed by atoms with E-state index >= 15 is 0 Å². The number of halogens is 1. The zero-order chi connectivity index (χ0) is 19.2. The first-order valence-corrected chi connectivity index (χ1v) is 12.4. The summed E-state index contributed by atoms with van der Waals surface area (Å²) >= 11 is 6.44. The zero-order valence-corrected chi connectivity index (χ0v) is 18.6. The maximum atomic E-state index is 12.9. The van der Waals surface area contributed by atoms with Crippen molar-refractivity contribution in [3.63, 3.8) is 0 Å². The van der Waals surface area contributed by atoms with Crippen molar-refractivity contribution in [3.05, 3.63) is 28.3 Å². The summed E-state index contributed by atoms with van der Waals surface area (Å²) in [7, 11) is -1.93. The van der Waals surface area contributed by atoms with Crippen LogP contribution in [0, 0.1) is 13.8 Å². The van der Waals surface area contributed by atoms with Crippen LogP contribution in [-0.2, 0) is 9.22 Å².